The van der Waals surface area contributed by atoms with Gasteiger partial charge in [-0.2, -0.15) is 4.98 Å². The molecule has 3 N–H and O–H groups in total. The zero-order valence-electron chi connectivity index (χ0n) is 10.5. The third-order valence-electron chi connectivity index (χ3n) is 2.61. The van der Waals surface area contributed by atoms with Gasteiger partial charge in [0.2, 0.25) is 5.95 Å². The fourth-order valence-electron chi connectivity index (χ4n) is 1.67. The molecule has 0 amide bonds. The van der Waals surface area contributed by atoms with E-state index in [0.717, 1.165) is 22.5 Å². The highest BCUT2D eigenvalue weighted by Gasteiger charge is 2.12. The van der Waals surface area contributed by atoms with Crippen LogP contribution in [0.5, 0.6) is 0 Å². The van der Waals surface area contributed by atoms with Gasteiger partial charge in [-0.1, -0.05) is 6.07 Å². The van der Waals surface area contributed by atoms with E-state index in [1.165, 1.54) is 0 Å². The number of pyridine rings is 1. The first-order chi connectivity index (χ1) is 9.24. The van der Waals surface area contributed by atoms with E-state index in [0.29, 0.717) is 12.5 Å². The maximum atomic E-state index is 5.34. The van der Waals surface area contributed by atoms with E-state index in [1.54, 1.807) is 12.4 Å². The summed E-state index contributed by atoms with van der Waals surface area (Å²) in [5.74, 6) is 6.52. The maximum Gasteiger partial charge on any atom is 0.239 e. The third kappa shape index (κ3) is 3.39. The minimum atomic E-state index is 0.387. The smallest absolute Gasteiger partial charge is 0.239 e. The summed E-state index contributed by atoms with van der Waals surface area (Å²) in [6.07, 6.45) is 3.46. The monoisotopic (exact) mass is 322 g/mol. The number of rotatable bonds is 5. The lowest BCUT2D eigenvalue weighted by Crippen LogP contribution is -2.25. The van der Waals surface area contributed by atoms with Crippen LogP contribution in [-0.4, -0.2) is 21.5 Å². The second-order valence-corrected chi connectivity index (χ2v) is 4.70. The Morgan fingerprint density at radius 1 is 1.37 bits per heavy atom. The Morgan fingerprint density at radius 3 is 2.84 bits per heavy atom. The maximum absolute atomic E-state index is 5.34. The van der Waals surface area contributed by atoms with Gasteiger partial charge in [0.15, 0.2) is 0 Å². The van der Waals surface area contributed by atoms with Crippen LogP contribution in [0.3, 0.4) is 0 Å². The molecule has 0 radical (unpaired) electrons. The van der Waals surface area contributed by atoms with Crippen molar-refractivity contribution in [2.45, 2.75) is 13.5 Å². The van der Waals surface area contributed by atoms with E-state index in [4.69, 9.17) is 5.84 Å². The molecule has 2 rings (SSSR count). The van der Waals surface area contributed by atoms with Crippen LogP contribution in [0.15, 0.2) is 35.1 Å². The molecule has 0 aliphatic rings. The number of hydrogen-bond donors (Lipinski definition) is 2. The molecule has 6 nitrogen and oxygen atoms in total. The number of nitrogens with zero attached hydrogens (tertiary/aromatic N) is 4. The predicted molar refractivity (Wildman–Crippen MR) is 78.5 cm³/mol. The summed E-state index contributed by atoms with van der Waals surface area (Å²) in [5, 5.41) is 0. The molecule has 2 aromatic rings. The van der Waals surface area contributed by atoms with Crippen LogP contribution in [0.4, 0.5) is 11.8 Å². The van der Waals surface area contributed by atoms with E-state index in [-0.39, 0.29) is 0 Å². The van der Waals surface area contributed by atoms with Crippen LogP contribution in [-0.2, 0) is 6.54 Å². The Labute approximate surface area is 120 Å². The highest BCUT2D eigenvalue weighted by atomic mass is 79.9. The zero-order valence-corrected chi connectivity index (χ0v) is 12.1. The summed E-state index contributed by atoms with van der Waals surface area (Å²) >= 11 is 3.46. The molecular weight excluding hydrogens is 308 g/mol. The van der Waals surface area contributed by atoms with E-state index in [9.17, 15) is 0 Å². The first-order valence-corrected chi connectivity index (χ1v) is 6.68. The summed E-state index contributed by atoms with van der Waals surface area (Å²) in [6, 6.07) is 5.86. The molecule has 0 aromatic carbocycles. The Morgan fingerprint density at radius 2 is 2.21 bits per heavy atom. The highest BCUT2D eigenvalue weighted by Crippen LogP contribution is 2.25. The van der Waals surface area contributed by atoms with Gasteiger partial charge in [-0.15, -0.1) is 0 Å². The SMILES string of the molecule is CCN(Cc1ccccn1)c1nc(NN)ncc1Br. The van der Waals surface area contributed by atoms with Gasteiger partial charge in [0.25, 0.3) is 0 Å². The molecule has 0 saturated heterocycles. The van der Waals surface area contributed by atoms with Crippen molar-refractivity contribution in [2.75, 3.05) is 16.9 Å². The van der Waals surface area contributed by atoms with Gasteiger partial charge in [0.05, 0.1) is 16.7 Å². The summed E-state index contributed by atoms with van der Waals surface area (Å²) < 4.78 is 0.823. The Balaban J connectivity index is 2.26. The van der Waals surface area contributed by atoms with Crippen molar-refractivity contribution < 1.29 is 0 Å². The zero-order chi connectivity index (χ0) is 13.7. The van der Waals surface area contributed by atoms with E-state index in [1.807, 2.05) is 18.2 Å². The Kier molecular flexibility index (Phi) is 4.64. The summed E-state index contributed by atoms with van der Waals surface area (Å²) in [7, 11) is 0. The Bertz CT molecular complexity index is 533. The minimum Gasteiger partial charge on any atom is -0.350 e. The average Bonchev–Trinajstić information content (AvgIpc) is 2.47. The van der Waals surface area contributed by atoms with Crippen LogP contribution < -0.4 is 16.2 Å². The first kappa shape index (κ1) is 13.7. The summed E-state index contributed by atoms with van der Waals surface area (Å²) in [6.45, 7) is 3.54. The van der Waals surface area contributed by atoms with Gasteiger partial charge < -0.3 is 4.90 Å². The second-order valence-electron chi connectivity index (χ2n) is 3.84. The fraction of sp³-hybridized carbons (Fsp3) is 0.250. The topological polar surface area (TPSA) is 80.0 Å². The van der Waals surface area contributed by atoms with Gasteiger partial charge in [-0.05, 0) is 35.0 Å². The number of nitrogen functional groups attached to an aromatic ring is 1. The normalized spacial score (nSPS) is 10.3. The predicted octanol–water partition coefficient (Wildman–Crippen LogP) is 1.95. The number of halogens is 1. The number of anilines is 2. The van der Waals surface area contributed by atoms with Gasteiger partial charge in [0.1, 0.15) is 5.82 Å². The molecule has 2 heterocycles. The molecule has 0 spiro atoms. The van der Waals surface area contributed by atoms with E-state index >= 15 is 0 Å². The lowest BCUT2D eigenvalue weighted by molar-refractivity contribution is 0.788. The van der Waals surface area contributed by atoms with Crippen molar-refractivity contribution in [3.63, 3.8) is 0 Å². The Hall–Kier alpha value is -1.73. The number of aromatic nitrogens is 3. The summed E-state index contributed by atoms with van der Waals surface area (Å²) in [5.41, 5.74) is 3.44. The number of hydrogen-bond acceptors (Lipinski definition) is 6. The molecule has 0 atom stereocenters. The molecule has 2 aromatic heterocycles. The van der Waals surface area contributed by atoms with Gasteiger partial charge in [-0.3, -0.25) is 10.4 Å². The lowest BCUT2D eigenvalue weighted by atomic mass is 10.3. The van der Waals surface area contributed by atoms with Crippen molar-refractivity contribution >= 4 is 27.7 Å². The largest absolute Gasteiger partial charge is 0.350 e. The standard InChI is InChI=1S/C12H15BrN6/c1-2-19(8-9-5-3-4-6-15-9)11-10(13)7-16-12(17-11)18-14/h3-7H,2,8,14H2,1H3,(H,16,17,18). The van der Waals surface area contributed by atoms with Crippen LogP contribution in [0.1, 0.15) is 12.6 Å². The molecule has 0 saturated carbocycles. The molecule has 19 heavy (non-hydrogen) atoms. The van der Waals surface area contributed by atoms with E-state index in [2.05, 4.69) is 48.1 Å². The molecule has 0 fully saturated rings. The summed E-state index contributed by atoms with van der Waals surface area (Å²) in [4.78, 5) is 14.8. The molecule has 0 bridgehead atoms. The van der Waals surface area contributed by atoms with Crippen LogP contribution in [0.25, 0.3) is 0 Å². The number of nitrogens with two attached hydrogens (primary N) is 1. The lowest BCUT2D eigenvalue weighted by Gasteiger charge is -2.22. The first-order valence-electron chi connectivity index (χ1n) is 5.88. The molecule has 0 aliphatic heterocycles. The molecule has 0 unspecified atom stereocenters. The average molecular weight is 323 g/mol. The third-order valence-corrected chi connectivity index (χ3v) is 3.17. The van der Waals surface area contributed by atoms with E-state index < -0.39 is 0 Å². The van der Waals surface area contributed by atoms with Gasteiger partial charge >= 0.3 is 0 Å². The molecule has 0 aliphatic carbocycles. The number of nitrogens with one attached hydrogen (secondary N) is 1. The second kappa shape index (κ2) is 6.44. The van der Waals surface area contributed by atoms with Crippen molar-refractivity contribution in [3.8, 4) is 0 Å². The molecule has 100 valence electrons. The van der Waals surface area contributed by atoms with Crippen LogP contribution in [0.2, 0.25) is 0 Å². The van der Waals surface area contributed by atoms with Crippen molar-refractivity contribution in [3.05, 3.63) is 40.8 Å². The van der Waals surface area contributed by atoms with Crippen molar-refractivity contribution in [1.29, 1.82) is 0 Å². The van der Waals surface area contributed by atoms with Gasteiger partial charge in [-0.25, -0.2) is 10.8 Å². The molecular formula is C12H15BrN6. The number of hydrazine groups is 1. The van der Waals surface area contributed by atoms with Crippen molar-refractivity contribution in [1.82, 2.24) is 15.0 Å². The quantitative estimate of drug-likeness (QED) is 0.647. The van der Waals surface area contributed by atoms with Crippen LogP contribution in [0, 0.1) is 0 Å². The van der Waals surface area contributed by atoms with Crippen LogP contribution >= 0.6 is 15.9 Å². The fourth-order valence-corrected chi connectivity index (χ4v) is 2.11. The minimum absolute atomic E-state index is 0.387. The van der Waals surface area contributed by atoms with Gasteiger partial charge in [0, 0.05) is 18.9 Å². The molecule has 7 heteroatoms. The van der Waals surface area contributed by atoms with Crippen molar-refractivity contribution in [2.24, 2.45) is 5.84 Å². The highest BCUT2D eigenvalue weighted by molar-refractivity contribution is 9.10.